The van der Waals surface area contributed by atoms with E-state index < -0.39 is 0 Å². The van der Waals surface area contributed by atoms with Crippen molar-refractivity contribution in [2.24, 2.45) is 0 Å². The second-order valence-corrected chi connectivity index (χ2v) is 7.19. The van der Waals surface area contributed by atoms with Gasteiger partial charge >= 0.3 is 0 Å². The topological polar surface area (TPSA) is 48.0 Å². The van der Waals surface area contributed by atoms with Crippen molar-refractivity contribution >= 4 is 17.5 Å². The minimum atomic E-state index is -0.0348. The minimum absolute atomic E-state index is 0.0348. The molecular formula is C22H24ClNO4. The van der Waals surface area contributed by atoms with Gasteiger partial charge in [0.05, 0.1) is 19.8 Å². The van der Waals surface area contributed by atoms with Gasteiger partial charge in [-0.05, 0) is 42.7 Å². The summed E-state index contributed by atoms with van der Waals surface area (Å²) in [6, 6.07) is 13.2. The predicted octanol–water partition coefficient (Wildman–Crippen LogP) is 4.64. The molecular weight excluding hydrogens is 378 g/mol. The molecule has 0 radical (unpaired) electrons. The number of hydrogen-bond donors (Lipinski definition) is 0. The van der Waals surface area contributed by atoms with Gasteiger partial charge in [-0.15, -0.1) is 0 Å². The summed E-state index contributed by atoms with van der Waals surface area (Å²) in [5, 5.41) is 0.401. The van der Waals surface area contributed by atoms with Gasteiger partial charge in [0.25, 0.3) is 5.91 Å². The van der Waals surface area contributed by atoms with Gasteiger partial charge < -0.3 is 19.1 Å². The van der Waals surface area contributed by atoms with Crippen molar-refractivity contribution in [3.63, 3.8) is 0 Å². The van der Waals surface area contributed by atoms with Crippen LogP contribution in [0.1, 0.15) is 28.8 Å². The highest BCUT2D eigenvalue weighted by Gasteiger charge is 2.34. The summed E-state index contributed by atoms with van der Waals surface area (Å²) in [6.07, 6.45) is 2.01. The van der Waals surface area contributed by atoms with E-state index in [2.05, 4.69) is 6.58 Å². The first kappa shape index (κ1) is 20.1. The second-order valence-electron chi connectivity index (χ2n) is 6.66. The number of carbonyl (C=O) groups excluding carboxylic acids is 1. The number of hydrogen-bond acceptors (Lipinski definition) is 4. The van der Waals surface area contributed by atoms with Crippen molar-refractivity contribution in [1.29, 1.82) is 0 Å². The average Bonchev–Trinajstić information content (AvgIpc) is 3.55. The largest absolute Gasteiger partial charge is 0.496 e. The summed E-state index contributed by atoms with van der Waals surface area (Å²) in [7, 11) is 3.16. The van der Waals surface area contributed by atoms with Crippen molar-refractivity contribution in [2.75, 3.05) is 20.8 Å². The van der Waals surface area contributed by atoms with Crippen molar-refractivity contribution in [3.05, 3.63) is 65.2 Å². The van der Waals surface area contributed by atoms with Gasteiger partial charge in [-0.1, -0.05) is 36.4 Å². The van der Waals surface area contributed by atoms with E-state index in [9.17, 15) is 4.79 Å². The van der Waals surface area contributed by atoms with Crippen LogP contribution in [0.5, 0.6) is 17.2 Å². The first-order chi connectivity index (χ1) is 13.5. The third-order valence-corrected chi connectivity index (χ3v) is 4.66. The summed E-state index contributed by atoms with van der Waals surface area (Å²) in [5.74, 6) is 1.72. The lowest BCUT2D eigenvalue weighted by atomic mass is 10.1. The molecule has 0 bridgehead atoms. The number of benzene rings is 2. The maximum absolute atomic E-state index is 13.2. The van der Waals surface area contributed by atoms with Crippen LogP contribution in [-0.4, -0.2) is 37.7 Å². The van der Waals surface area contributed by atoms with Crippen molar-refractivity contribution in [3.8, 4) is 17.2 Å². The molecule has 0 aliphatic heterocycles. The van der Waals surface area contributed by atoms with Gasteiger partial charge in [-0.25, -0.2) is 0 Å². The average molecular weight is 402 g/mol. The molecule has 2 aromatic carbocycles. The fourth-order valence-corrected chi connectivity index (χ4v) is 3.07. The molecule has 3 rings (SSSR count). The Morgan fingerprint density at radius 2 is 1.82 bits per heavy atom. The van der Waals surface area contributed by atoms with E-state index in [0.29, 0.717) is 34.4 Å². The van der Waals surface area contributed by atoms with Gasteiger partial charge in [0.2, 0.25) is 0 Å². The third kappa shape index (κ3) is 4.78. The number of halogens is 1. The number of carbonyl (C=O) groups is 1. The Kier molecular flexibility index (Phi) is 6.47. The molecule has 1 amide bonds. The molecule has 5 nitrogen and oxygen atoms in total. The minimum Gasteiger partial charge on any atom is -0.496 e. The standard InChI is InChI=1S/C22H24ClNO4/c1-15(23)14-28-21-12-16(8-11-20(21)27-3)13-24(17-9-10-17)22(25)18-6-4-5-7-19(18)26-2/h4-8,11-12,17H,1,9-10,13-14H2,2-3H3. The zero-order chi connectivity index (χ0) is 20.1. The monoisotopic (exact) mass is 401 g/mol. The van der Waals surface area contributed by atoms with Gasteiger partial charge in [-0.3, -0.25) is 4.79 Å². The van der Waals surface area contributed by atoms with E-state index in [4.69, 9.17) is 25.8 Å². The molecule has 0 aromatic heterocycles. The molecule has 1 aliphatic rings. The SMILES string of the molecule is C=C(Cl)COc1cc(CN(C(=O)c2ccccc2OC)C2CC2)ccc1OC. The van der Waals surface area contributed by atoms with E-state index in [1.807, 2.05) is 35.2 Å². The lowest BCUT2D eigenvalue weighted by Crippen LogP contribution is -2.32. The van der Waals surface area contributed by atoms with E-state index in [1.54, 1.807) is 26.4 Å². The molecule has 0 spiro atoms. The van der Waals surface area contributed by atoms with Crippen molar-refractivity contribution in [1.82, 2.24) is 4.90 Å². The molecule has 0 heterocycles. The van der Waals surface area contributed by atoms with Crippen LogP contribution in [-0.2, 0) is 6.54 Å². The lowest BCUT2D eigenvalue weighted by molar-refractivity contribution is 0.0726. The van der Waals surface area contributed by atoms with E-state index >= 15 is 0 Å². The third-order valence-electron chi connectivity index (χ3n) is 4.55. The molecule has 1 aliphatic carbocycles. The highest BCUT2D eigenvalue weighted by atomic mass is 35.5. The molecule has 2 aromatic rings. The quantitative estimate of drug-likeness (QED) is 0.614. The van der Waals surface area contributed by atoms with Gasteiger partial charge in [0, 0.05) is 17.6 Å². The maximum Gasteiger partial charge on any atom is 0.258 e. The number of methoxy groups -OCH3 is 2. The Hall–Kier alpha value is -2.66. The van der Waals surface area contributed by atoms with Gasteiger partial charge in [0.1, 0.15) is 12.4 Å². The highest BCUT2D eigenvalue weighted by Crippen LogP contribution is 2.34. The van der Waals surface area contributed by atoms with Crippen LogP contribution in [0.25, 0.3) is 0 Å². The number of rotatable bonds is 9. The maximum atomic E-state index is 13.2. The summed E-state index contributed by atoms with van der Waals surface area (Å²) < 4.78 is 16.4. The van der Waals surface area contributed by atoms with Crippen LogP contribution in [0.2, 0.25) is 0 Å². The molecule has 148 valence electrons. The number of nitrogens with zero attached hydrogens (tertiary/aromatic N) is 1. The van der Waals surface area contributed by atoms with Crippen molar-refractivity contribution in [2.45, 2.75) is 25.4 Å². The fourth-order valence-electron chi connectivity index (χ4n) is 3.01. The molecule has 1 saturated carbocycles. The van der Waals surface area contributed by atoms with E-state index in [-0.39, 0.29) is 18.6 Å². The van der Waals surface area contributed by atoms with Crippen molar-refractivity contribution < 1.29 is 19.0 Å². The normalized spacial score (nSPS) is 13.0. The molecule has 6 heteroatoms. The molecule has 0 saturated heterocycles. The molecule has 0 N–H and O–H groups in total. The number of amides is 1. The zero-order valence-electron chi connectivity index (χ0n) is 16.1. The summed E-state index contributed by atoms with van der Waals surface area (Å²) in [6.45, 7) is 4.30. The smallest absolute Gasteiger partial charge is 0.258 e. The molecule has 1 fully saturated rings. The predicted molar refractivity (Wildman–Crippen MR) is 109 cm³/mol. The first-order valence-electron chi connectivity index (χ1n) is 9.10. The Labute approximate surface area is 170 Å². The Morgan fingerprint density at radius 1 is 1.11 bits per heavy atom. The van der Waals surface area contributed by atoms with Crippen LogP contribution in [0.4, 0.5) is 0 Å². The van der Waals surface area contributed by atoms with Gasteiger partial charge in [0.15, 0.2) is 11.5 Å². The van der Waals surface area contributed by atoms with Crippen LogP contribution in [0, 0.1) is 0 Å². The Morgan fingerprint density at radius 3 is 2.46 bits per heavy atom. The highest BCUT2D eigenvalue weighted by molar-refractivity contribution is 6.29. The van der Waals surface area contributed by atoms with E-state index in [0.717, 1.165) is 18.4 Å². The van der Waals surface area contributed by atoms with Gasteiger partial charge in [-0.2, -0.15) is 0 Å². The zero-order valence-corrected chi connectivity index (χ0v) is 16.9. The lowest BCUT2D eigenvalue weighted by Gasteiger charge is -2.24. The fraction of sp³-hybridized carbons (Fsp3) is 0.318. The second kappa shape index (κ2) is 9.02. The Balaban J connectivity index is 1.84. The van der Waals surface area contributed by atoms with Crippen LogP contribution < -0.4 is 14.2 Å². The molecule has 28 heavy (non-hydrogen) atoms. The first-order valence-corrected chi connectivity index (χ1v) is 9.48. The summed E-state index contributed by atoms with van der Waals surface area (Å²) >= 11 is 5.81. The van der Waals surface area contributed by atoms with Crippen LogP contribution in [0.15, 0.2) is 54.1 Å². The molecule has 0 unspecified atom stereocenters. The van der Waals surface area contributed by atoms with Crippen LogP contribution in [0.3, 0.4) is 0 Å². The number of ether oxygens (including phenoxy) is 3. The summed E-state index contributed by atoms with van der Waals surface area (Å²) in [5.41, 5.74) is 1.52. The van der Waals surface area contributed by atoms with E-state index in [1.165, 1.54) is 0 Å². The molecule has 0 atom stereocenters. The Bertz CT molecular complexity index is 863. The van der Waals surface area contributed by atoms with Crippen LogP contribution >= 0.6 is 11.6 Å². The summed E-state index contributed by atoms with van der Waals surface area (Å²) in [4.78, 5) is 15.1. The number of para-hydroxylation sites is 1.